The summed E-state index contributed by atoms with van der Waals surface area (Å²) in [7, 11) is 0. The van der Waals surface area contributed by atoms with Crippen molar-refractivity contribution in [2.75, 3.05) is 13.1 Å². The zero-order chi connectivity index (χ0) is 7.90. The molecule has 0 aromatic heterocycles. The lowest BCUT2D eigenvalue weighted by Crippen LogP contribution is -2.37. The Balaban J connectivity index is 1.84. The van der Waals surface area contributed by atoms with Gasteiger partial charge in [-0.2, -0.15) is 12.6 Å². The predicted molar refractivity (Wildman–Crippen MR) is 50.9 cm³/mol. The van der Waals surface area contributed by atoms with Crippen LogP contribution >= 0.6 is 12.6 Å². The van der Waals surface area contributed by atoms with Crippen LogP contribution in [0.3, 0.4) is 0 Å². The zero-order valence-electron chi connectivity index (χ0n) is 7.21. The van der Waals surface area contributed by atoms with Crippen LogP contribution in [-0.2, 0) is 0 Å². The minimum absolute atomic E-state index is 0.464. The van der Waals surface area contributed by atoms with E-state index in [1.807, 2.05) is 0 Å². The maximum absolute atomic E-state index is 4.44. The monoisotopic (exact) mass is 171 g/mol. The molecule has 2 aliphatic rings. The third-order valence-electron chi connectivity index (χ3n) is 3.34. The SMILES string of the molecule is CC(S)N1CCC2(CC1)CC2. The van der Waals surface area contributed by atoms with Gasteiger partial charge in [-0.05, 0) is 51.1 Å². The van der Waals surface area contributed by atoms with Crippen LogP contribution in [0, 0.1) is 5.41 Å². The molecule has 1 spiro atoms. The maximum atomic E-state index is 4.44. The highest BCUT2D eigenvalue weighted by Crippen LogP contribution is 2.53. The second-order valence-corrected chi connectivity index (χ2v) is 4.92. The highest BCUT2D eigenvalue weighted by Gasteiger charge is 2.44. The lowest BCUT2D eigenvalue weighted by Gasteiger charge is -2.34. The van der Waals surface area contributed by atoms with Gasteiger partial charge in [0.25, 0.3) is 0 Å². The Hall–Kier alpha value is 0.310. The van der Waals surface area contributed by atoms with Crippen molar-refractivity contribution in [2.45, 2.75) is 38.0 Å². The first-order valence-corrected chi connectivity index (χ1v) is 5.16. The van der Waals surface area contributed by atoms with Crippen molar-refractivity contribution in [1.29, 1.82) is 0 Å². The molecule has 0 amide bonds. The van der Waals surface area contributed by atoms with Gasteiger partial charge in [-0.1, -0.05) is 0 Å². The molecule has 1 aliphatic heterocycles. The van der Waals surface area contributed by atoms with Crippen LogP contribution in [0.4, 0.5) is 0 Å². The van der Waals surface area contributed by atoms with Crippen molar-refractivity contribution in [3.05, 3.63) is 0 Å². The number of thiol groups is 1. The normalized spacial score (nSPS) is 32.2. The van der Waals surface area contributed by atoms with Crippen molar-refractivity contribution in [2.24, 2.45) is 5.41 Å². The van der Waals surface area contributed by atoms with Crippen molar-refractivity contribution < 1.29 is 0 Å². The highest BCUT2D eigenvalue weighted by atomic mass is 32.1. The number of likely N-dealkylation sites (tertiary alicyclic amines) is 1. The van der Waals surface area contributed by atoms with E-state index in [1.54, 1.807) is 0 Å². The van der Waals surface area contributed by atoms with Gasteiger partial charge in [0.2, 0.25) is 0 Å². The Morgan fingerprint density at radius 1 is 1.18 bits per heavy atom. The summed E-state index contributed by atoms with van der Waals surface area (Å²) in [5.41, 5.74) is 0.819. The molecule has 0 aromatic rings. The average Bonchev–Trinajstić information content (AvgIpc) is 2.70. The predicted octanol–water partition coefficient (Wildman–Crippen LogP) is 2.14. The topological polar surface area (TPSA) is 3.24 Å². The van der Waals surface area contributed by atoms with E-state index in [1.165, 1.54) is 38.8 Å². The molecule has 11 heavy (non-hydrogen) atoms. The van der Waals surface area contributed by atoms with Crippen molar-refractivity contribution in [3.8, 4) is 0 Å². The van der Waals surface area contributed by atoms with E-state index in [-0.39, 0.29) is 0 Å². The molecule has 2 heteroatoms. The molecule has 2 rings (SSSR count). The van der Waals surface area contributed by atoms with E-state index < -0.39 is 0 Å². The molecule has 1 heterocycles. The van der Waals surface area contributed by atoms with Crippen LogP contribution in [0.1, 0.15) is 32.6 Å². The summed E-state index contributed by atoms with van der Waals surface area (Å²) in [6.45, 7) is 4.74. The number of rotatable bonds is 1. The summed E-state index contributed by atoms with van der Waals surface area (Å²) in [4.78, 5) is 2.48. The first kappa shape index (κ1) is 7.93. The third-order valence-corrected chi connectivity index (χ3v) is 3.67. The van der Waals surface area contributed by atoms with Crippen LogP contribution in [0.2, 0.25) is 0 Å². The summed E-state index contributed by atoms with van der Waals surface area (Å²) >= 11 is 4.44. The van der Waals surface area contributed by atoms with E-state index in [0.717, 1.165) is 5.41 Å². The maximum Gasteiger partial charge on any atom is 0.0499 e. The Bertz CT molecular complexity index is 142. The first-order chi connectivity index (χ1) is 5.22. The molecule has 1 atom stereocenters. The summed E-state index contributed by atoms with van der Waals surface area (Å²) in [5.74, 6) is 0. The van der Waals surface area contributed by atoms with Gasteiger partial charge in [0, 0.05) is 5.37 Å². The van der Waals surface area contributed by atoms with Gasteiger partial charge < -0.3 is 0 Å². The zero-order valence-corrected chi connectivity index (χ0v) is 8.11. The molecule has 1 saturated heterocycles. The largest absolute Gasteiger partial charge is 0.292 e. The van der Waals surface area contributed by atoms with Gasteiger partial charge >= 0.3 is 0 Å². The third kappa shape index (κ3) is 1.57. The van der Waals surface area contributed by atoms with E-state index in [0.29, 0.717) is 5.37 Å². The van der Waals surface area contributed by atoms with Crippen LogP contribution in [0.25, 0.3) is 0 Å². The Labute approximate surface area is 74.6 Å². The van der Waals surface area contributed by atoms with Crippen LogP contribution in [0.5, 0.6) is 0 Å². The minimum atomic E-state index is 0.464. The Morgan fingerprint density at radius 3 is 2.09 bits per heavy atom. The summed E-state index contributed by atoms with van der Waals surface area (Å²) in [6, 6.07) is 0. The van der Waals surface area contributed by atoms with Crippen LogP contribution in [0.15, 0.2) is 0 Å². The second kappa shape index (κ2) is 2.67. The molecular formula is C9H17NS. The lowest BCUT2D eigenvalue weighted by atomic mass is 9.94. The van der Waals surface area contributed by atoms with Crippen molar-refractivity contribution in [3.63, 3.8) is 0 Å². The van der Waals surface area contributed by atoms with Gasteiger partial charge in [-0.15, -0.1) is 0 Å². The molecule has 64 valence electrons. The molecule has 0 N–H and O–H groups in total. The molecule has 1 nitrogen and oxygen atoms in total. The Morgan fingerprint density at radius 2 is 1.73 bits per heavy atom. The Kier molecular flexibility index (Phi) is 1.92. The van der Waals surface area contributed by atoms with E-state index in [4.69, 9.17) is 0 Å². The smallest absolute Gasteiger partial charge is 0.0499 e. The number of nitrogens with zero attached hydrogens (tertiary/aromatic N) is 1. The van der Waals surface area contributed by atoms with E-state index >= 15 is 0 Å². The highest BCUT2D eigenvalue weighted by molar-refractivity contribution is 7.80. The molecule has 1 saturated carbocycles. The van der Waals surface area contributed by atoms with Crippen molar-refractivity contribution >= 4 is 12.6 Å². The van der Waals surface area contributed by atoms with Gasteiger partial charge in [0.15, 0.2) is 0 Å². The molecule has 1 aliphatic carbocycles. The lowest BCUT2D eigenvalue weighted by molar-refractivity contribution is 0.168. The summed E-state index contributed by atoms with van der Waals surface area (Å²) in [5, 5.41) is 0.464. The van der Waals surface area contributed by atoms with Gasteiger partial charge in [0.05, 0.1) is 0 Å². The molecule has 1 unspecified atom stereocenters. The fraction of sp³-hybridized carbons (Fsp3) is 1.00. The van der Waals surface area contributed by atoms with Crippen LogP contribution < -0.4 is 0 Å². The first-order valence-electron chi connectivity index (χ1n) is 4.64. The van der Waals surface area contributed by atoms with E-state index in [9.17, 15) is 0 Å². The number of hydrogen-bond acceptors (Lipinski definition) is 2. The molecule has 0 radical (unpaired) electrons. The average molecular weight is 171 g/mol. The van der Waals surface area contributed by atoms with Gasteiger partial charge in [-0.3, -0.25) is 4.90 Å². The van der Waals surface area contributed by atoms with E-state index in [2.05, 4.69) is 24.5 Å². The number of hydrogen-bond donors (Lipinski definition) is 1. The fourth-order valence-electron chi connectivity index (χ4n) is 2.05. The number of piperidine rings is 1. The minimum Gasteiger partial charge on any atom is -0.292 e. The summed E-state index contributed by atoms with van der Waals surface area (Å²) < 4.78 is 0. The van der Waals surface area contributed by atoms with Gasteiger partial charge in [0.1, 0.15) is 0 Å². The fourth-order valence-corrected chi connectivity index (χ4v) is 2.28. The molecular weight excluding hydrogens is 154 g/mol. The van der Waals surface area contributed by atoms with Crippen LogP contribution in [-0.4, -0.2) is 23.4 Å². The molecule has 0 bridgehead atoms. The standard InChI is InChI=1S/C9H17NS/c1-8(11)10-6-4-9(2-3-9)5-7-10/h8,11H,2-7H2,1H3. The van der Waals surface area contributed by atoms with Gasteiger partial charge in [-0.25, -0.2) is 0 Å². The molecule has 2 fully saturated rings. The quantitative estimate of drug-likeness (QED) is 0.592. The second-order valence-electron chi connectivity index (χ2n) is 4.17. The molecule has 0 aromatic carbocycles. The van der Waals surface area contributed by atoms with Crippen molar-refractivity contribution in [1.82, 2.24) is 4.90 Å². The summed E-state index contributed by atoms with van der Waals surface area (Å²) in [6.07, 6.45) is 5.86.